The molecule has 5 rings (SSSR count). The summed E-state index contributed by atoms with van der Waals surface area (Å²) in [6.45, 7) is 0.0765. The predicted octanol–water partition coefficient (Wildman–Crippen LogP) is 9.04. The second kappa shape index (κ2) is 10.5. The summed E-state index contributed by atoms with van der Waals surface area (Å²) in [5.74, 6) is 0.0649. The molecule has 0 aliphatic rings. The van der Waals surface area contributed by atoms with Crippen molar-refractivity contribution in [3.05, 3.63) is 129 Å². The molecule has 5 aromatic rings. The third kappa shape index (κ3) is 5.10. The van der Waals surface area contributed by atoms with Gasteiger partial charge in [-0.2, -0.15) is 13.2 Å². The SMILES string of the molecule is O=C(c1ccccc1)c1cnc2c(C(F)(F)F)cccc2c1-c1cccc(OCc2c(Cl)cccc2Cl)c1. The topological polar surface area (TPSA) is 39.2 Å². The average Bonchev–Trinajstić information content (AvgIpc) is 2.91. The predicted molar refractivity (Wildman–Crippen MR) is 143 cm³/mol. The molecule has 4 aromatic carbocycles. The van der Waals surface area contributed by atoms with Crippen LogP contribution in [0.4, 0.5) is 13.2 Å². The maximum atomic E-state index is 13.8. The molecule has 0 N–H and O–H groups in total. The molecule has 1 heterocycles. The van der Waals surface area contributed by atoms with Crippen molar-refractivity contribution in [3.8, 4) is 16.9 Å². The molecule has 0 atom stereocenters. The van der Waals surface area contributed by atoms with Gasteiger partial charge < -0.3 is 4.74 Å². The number of ketones is 1. The number of benzene rings is 4. The largest absolute Gasteiger partial charge is 0.489 e. The van der Waals surface area contributed by atoms with Crippen LogP contribution in [0, 0.1) is 0 Å². The van der Waals surface area contributed by atoms with Crippen LogP contribution in [0.25, 0.3) is 22.0 Å². The smallest absolute Gasteiger partial charge is 0.418 e. The number of fused-ring (bicyclic) bond motifs is 1. The molecule has 8 heteroatoms. The Morgan fingerprint density at radius 2 is 1.53 bits per heavy atom. The van der Waals surface area contributed by atoms with E-state index in [9.17, 15) is 18.0 Å². The lowest BCUT2D eigenvalue weighted by Gasteiger charge is -2.16. The zero-order valence-electron chi connectivity index (χ0n) is 19.6. The van der Waals surface area contributed by atoms with E-state index in [4.69, 9.17) is 27.9 Å². The first-order valence-corrected chi connectivity index (χ1v) is 12.2. The molecular weight excluding hydrogens is 534 g/mol. The van der Waals surface area contributed by atoms with E-state index in [0.29, 0.717) is 38.0 Å². The molecule has 0 aliphatic heterocycles. The van der Waals surface area contributed by atoms with Crippen molar-refractivity contribution >= 4 is 39.9 Å². The van der Waals surface area contributed by atoms with Crippen molar-refractivity contribution in [2.24, 2.45) is 0 Å². The highest BCUT2D eigenvalue weighted by Crippen LogP contribution is 2.40. The van der Waals surface area contributed by atoms with E-state index in [1.807, 2.05) is 0 Å². The minimum Gasteiger partial charge on any atom is -0.489 e. The Bertz CT molecular complexity index is 1630. The van der Waals surface area contributed by atoms with Gasteiger partial charge in [0.15, 0.2) is 5.78 Å². The van der Waals surface area contributed by atoms with E-state index in [-0.39, 0.29) is 28.9 Å². The maximum Gasteiger partial charge on any atom is 0.418 e. The van der Waals surface area contributed by atoms with Crippen molar-refractivity contribution < 1.29 is 22.7 Å². The minimum atomic E-state index is -4.62. The Kier molecular flexibility index (Phi) is 7.11. The summed E-state index contributed by atoms with van der Waals surface area (Å²) >= 11 is 12.5. The lowest BCUT2D eigenvalue weighted by Crippen LogP contribution is -2.09. The first-order chi connectivity index (χ1) is 18.2. The Morgan fingerprint density at radius 3 is 2.24 bits per heavy atom. The van der Waals surface area contributed by atoms with E-state index < -0.39 is 11.7 Å². The molecule has 0 fully saturated rings. The van der Waals surface area contributed by atoms with Gasteiger partial charge in [-0.3, -0.25) is 9.78 Å². The molecule has 0 saturated carbocycles. The van der Waals surface area contributed by atoms with Gasteiger partial charge in [0.2, 0.25) is 0 Å². The normalized spacial score (nSPS) is 11.5. The number of aromatic nitrogens is 1. The lowest BCUT2D eigenvalue weighted by atomic mass is 9.91. The number of halogens is 5. The molecule has 1 aromatic heterocycles. The van der Waals surface area contributed by atoms with Crippen LogP contribution < -0.4 is 4.74 Å². The second-order valence-electron chi connectivity index (χ2n) is 8.46. The summed E-state index contributed by atoms with van der Waals surface area (Å²) in [5.41, 5.74) is 0.877. The molecule has 38 heavy (non-hydrogen) atoms. The monoisotopic (exact) mass is 551 g/mol. The van der Waals surface area contributed by atoms with Gasteiger partial charge in [0.1, 0.15) is 12.4 Å². The van der Waals surface area contributed by atoms with Crippen molar-refractivity contribution in [1.82, 2.24) is 4.98 Å². The first kappa shape index (κ1) is 25.8. The van der Waals surface area contributed by atoms with Crippen LogP contribution in [0.3, 0.4) is 0 Å². The molecule has 0 bridgehead atoms. The number of para-hydroxylation sites is 1. The van der Waals surface area contributed by atoms with Gasteiger partial charge in [0.25, 0.3) is 0 Å². The molecule has 0 saturated heterocycles. The third-order valence-electron chi connectivity index (χ3n) is 6.05. The van der Waals surface area contributed by atoms with Crippen molar-refractivity contribution in [3.63, 3.8) is 0 Å². The standard InChI is InChI=1S/C30H18Cl2F3NO2/c31-25-13-6-14-26(32)23(25)17-38-20-10-4-9-19(15-20)27-21-11-5-12-24(30(33,34)35)28(21)36-16-22(27)29(37)18-7-2-1-3-8-18/h1-16H,17H2. The Hall–Kier alpha value is -3.87. The van der Waals surface area contributed by atoms with E-state index >= 15 is 0 Å². The van der Waals surface area contributed by atoms with E-state index in [0.717, 1.165) is 6.07 Å². The summed E-state index contributed by atoms with van der Waals surface area (Å²) in [4.78, 5) is 17.6. The van der Waals surface area contributed by atoms with Crippen molar-refractivity contribution in [2.45, 2.75) is 12.8 Å². The Balaban J connectivity index is 1.65. The van der Waals surface area contributed by atoms with Crippen LogP contribution in [-0.4, -0.2) is 10.8 Å². The van der Waals surface area contributed by atoms with Gasteiger partial charge in [-0.1, -0.05) is 83.9 Å². The van der Waals surface area contributed by atoms with Crippen LogP contribution in [0.5, 0.6) is 5.75 Å². The van der Waals surface area contributed by atoms with Gasteiger partial charge in [-0.15, -0.1) is 0 Å². The maximum absolute atomic E-state index is 13.8. The first-order valence-electron chi connectivity index (χ1n) is 11.5. The molecule has 0 radical (unpaired) electrons. The number of carbonyl (C=O) groups is 1. The number of hydrogen-bond acceptors (Lipinski definition) is 3. The third-order valence-corrected chi connectivity index (χ3v) is 6.76. The van der Waals surface area contributed by atoms with Gasteiger partial charge in [-0.25, -0.2) is 0 Å². The average molecular weight is 552 g/mol. The van der Waals surface area contributed by atoms with E-state index in [1.54, 1.807) is 72.8 Å². The molecule has 0 amide bonds. The van der Waals surface area contributed by atoms with Gasteiger partial charge in [0, 0.05) is 43.9 Å². The zero-order valence-corrected chi connectivity index (χ0v) is 21.1. The van der Waals surface area contributed by atoms with Gasteiger partial charge in [-0.05, 0) is 35.9 Å². The zero-order chi connectivity index (χ0) is 26.9. The number of carbonyl (C=O) groups excluding carboxylic acids is 1. The van der Waals surface area contributed by atoms with E-state index in [2.05, 4.69) is 4.98 Å². The highest BCUT2D eigenvalue weighted by molar-refractivity contribution is 6.36. The van der Waals surface area contributed by atoms with Crippen molar-refractivity contribution in [1.29, 1.82) is 0 Å². The summed E-state index contributed by atoms with van der Waals surface area (Å²) in [5, 5.41) is 1.10. The Morgan fingerprint density at radius 1 is 0.842 bits per heavy atom. The minimum absolute atomic E-state index is 0.0765. The summed E-state index contributed by atoms with van der Waals surface area (Å²) in [7, 11) is 0. The summed E-state index contributed by atoms with van der Waals surface area (Å²) in [6.07, 6.45) is -3.41. The molecule has 3 nitrogen and oxygen atoms in total. The number of nitrogens with zero attached hydrogens (tertiary/aromatic N) is 1. The number of pyridine rings is 1. The van der Waals surface area contributed by atoms with Crippen LogP contribution in [0.2, 0.25) is 10.0 Å². The van der Waals surface area contributed by atoms with Crippen LogP contribution in [-0.2, 0) is 12.8 Å². The van der Waals surface area contributed by atoms with Crippen LogP contribution >= 0.6 is 23.2 Å². The van der Waals surface area contributed by atoms with Gasteiger partial charge >= 0.3 is 6.18 Å². The fraction of sp³-hybridized carbons (Fsp3) is 0.0667. The molecule has 0 spiro atoms. The molecular formula is C30H18Cl2F3NO2. The number of rotatable bonds is 6. The molecule has 190 valence electrons. The quantitative estimate of drug-likeness (QED) is 0.197. The summed E-state index contributed by atoms with van der Waals surface area (Å²) < 4.78 is 47.4. The lowest BCUT2D eigenvalue weighted by molar-refractivity contribution is -0.136. The van der Waals surface area contributed by atoms with Gasteiger partial charge in [0.05, 0.1) is 11.1 Å². The number of hydrogen-bond donors (Lipinski definition) is 0. The number of alkyl halides is 3. The highest BCUT2D eigenvalue weighted by atomic mass is 35.5. The molecule has 0 unspecified atom stereocenters. The second-order valence-corrected chi connectivity index (χ2v) is 9.27. The fourth-order valence-corrected chi connectivity index (χ4v) is 4.75. The molecule has 0 aliphatic carbocycles. The van der Waals surface area contributed by atoms with Crippen molar-refractivity contribution in [2.75, 3.05) is 0 Å². The highest BCUT2D eigenvalue weighted by Gasteiger charge is 2.34. The van der Waals surface area contributed by atoms with Crippen LogP contribution in [0.1, 0.15) is 27.0 Å². The number of ether oxygens (including phenoxy) is 1. The fourth-order valence-electron chi connectivity index (χ4n) is 4.25. The summed E-state index contributed by atoms with van der Waals surface area (Å²) in [6, 6.07) is 24.3. The van der Waals surface area contributed by atoms with E-state index in [1.165, 1.54) is 18.3 Å². The van der Waals surface area contributed by atoms with Crippen LogP contribution in [0.15, 0.2) is 97.2 Å². The Labute approximate surface area is 226 Å².